The third-order valence-electron chi connectivity index (χ3n) is 3.14. The second-order valence-corrected chi connectivity index (χ2v) is 4.32. The molecular weight excluding hydrogens is 214 g/mol. The Hall–Kier alpha value is -1.68. The minimum atomic E-state index is 0.142. The molecule has 2 aromatic rings. The summed E-state index contributed by atoms with van der Waals surface area (Å²) in [6.07, 6.45) is 7.17. The molecule has 17 heavy (non-hydrogen) atoms. The minimum absolute atomic E-state index is 0.142. The van der Waals surface area contributed by atoms with Crippen molar-refractivity contribution in [3.8, 4) is 0 Å². The maximum atomic E-state index is 5.92. The lowest BCUT2D eigenvalue weighted by Gasteiger charge is -2.21. The van der Waals surface area contributed by atoms with Gasteiger partial charge in [-0.3, -0.25) is 10.1 Å². The van der Waals surface area contributed by atoms with Crippen molar-refractivity contribution >= 4 is 0 Å². The van der Waals surface area contributed by atoms with Gasteiger partial charge in [-0.05, 0) is 37.0 Å². The highest BCUT2D eigenvalue weighted by atomic mass is 16.5. The molecule has 0 saturated carbocycles. The summed E-state index contributed by atoms with van der Waals surface area (Å²) < 4.78 is 5.92. The monoisotopic (exact) mass is 229 g/mol. The topological polar surface area (TPSA) is 50.8 Å². The van der Waals surface area contributed by atoms with Crippen molar-refractivity contribution < 1.29 is 4.74 Å². The van der Waals surface area contributed by atoms with Gasteiger partial charge in [0.1, 0.15) is 0 Å². The Morgan fingerprint density at radius 1 is 1.41 bits per heavy atom. The van der Waals surface area contributed by atoms with Crippen LogP contribution in [0, 0.1) is 0 Å². The van der Waals surface area contributed by atoms with Crippen LogP contribution in [0.4, 0.5) is 0 Å². The molecule has 0 bridgehead atoms. The lowest BCUT2D eigenvalue weighted by molar-refractivity contribution is 0.0237. The normalized spacial score (nSPS) is 18.9. The van der Waals surface area contributed by atoms with Gasteiger partial charge < -0.3 is 4.74 Å². The maximum absolute atomic E-state index is 5.92. The van der Waals surface area contributed by atoms with E-state index in [-0.39, 0.29) is 6.10 Å². The summed E-state index contributed by atoms with van der Waals surface area (Å²) >= 11 is 0. The van der Waals surface area contributed by atoms with Crippen molar-refractivity contribution in [2.75, 3.05) is 0 Å². The number of fused-ring (bicyclic) bond motifs is 1. The van der Waals surface area contributed by atoms with Crippen LogP contribution in [0.3, 0.4) is 0 Å². The Morgan fingerprint density at radius 3 is 3.29 bits per heavy atom. The molecule has 4 heteroatoms. The highest BCUT2D eigenvalue weighted by Crippen LogP contribution is 2.31. The van der Waals surface area contributed by atoms with E-state index in [4.69, 9.17) is 4.74 Å². The van der Waals surface area contributed by atoms with E-state index in [2.05, 4.69) is 15.2 Å². The molecule has 0 unspecified atom stereocenters. The van der Waals surface area contributed by atoms with Gasteiger partial charge in [0.2, 0.25) is 0 Å². The number of H-pyrrole nitrogens is 1. The highest BCUT2D eigenvalue weighted by molar-refractivity contribution is 5.21. The predicted octanol–water partition coefficient (Wildman–Crippen LogP) is 2.40. The van der Waals surface area contributed by atoms with E-state index < -0.39 is 0 Å². The summed E-state index contributed by atoms with van der Waals surface area (Å²) in [5.41, 5.74) is 3.41. The fourth-order valence-corrected chi connectivity index (χ4v) is 2.26. The third kappa shape index (κ3) is 2.22. The number of ether oxygens (including phenoxy) is 1. The number of nitrogens with zero attached hydrogens (tertiary/aromatic N) is 2. The molecule has 1 atom stereocenters. The zero-order valence-corrected chi connectivity index (χ0v) is 9.60. The van der Waals surface area contributed by atoms with Crippen LogP contribution in [0.15, 0.2) is 30.6 Å². The van der Waals surface area contributed by atoms with E-state index in [1.807, 2.05) is 24.4 Å². The third-order valence-corrected chi connectivity index (χ3v) is 3.14. The summed E-state index contributed by atoms with van der Waals surface area (Å²) in [6, 6.07) is 5.88. The summed E-state index contributed by atoms with van der Waals surface area (Å²) in [7, 11) is 0. The molecule has 1 aliphatic carbocycles. The molecule has 88 valence electrons. The van der Waals surface area contributed by atoms with E-state index in [1.165, 1.54) is 12.0 Å². The minimum Gasteiger partial charge on any atom is -0.366 e. The number of rotatable bonds is 3. The molecule has 2 aromatic heterocycles. The van der Waals surface area contributed by atoms with E-state index in [0.29, 0.717) is 6.61 Å². The second-order valence-electron chi connectivity index (χ2n) is 4.32. The van der Waals surface area contributed by atoms with Crippen LogP contribution in [-0.2, 0) is 17.8 Å². The van der Waals surface area contributed by atoms with Gasteiger partial charge in [0, 0.05) is 6.20 Å². The zero-order valence-electron chi connectivity index (χ0n) is 9.60. The molecule has 0 aromatic carbocycles. The van der Waals surface area contributed by atoms with Crippen LogP contribution >= 0.6 is 0 Å². The smallest absolute Gasteiger partial charge is 0.0997 e. The number of pyridine rings is 1. The molecular formula is C13H15N3O. The maximum Gasteiger partial charge on any atom is 0.0997 e. The average molecular weight is 229 g/mol. The number of nitrogens with one attached hydrogen (secondary N) is 1. The van der Waals surface area contributed by atoms with Gasteiger partial charge in [-0.1, -0.05) is 6.07 Å². The average Bonchev–Trinajstić information content (AvgIpc) is 2.86. The predicted molar refractivity (Wildman–Crippen MR) is 63.3 cm³/mol. The molecule has 0 spiro atoms. The molecule has 0 aliphatic heterocycles. The Labute approximate surface area is 100 Å². The molecule has 4 nitrogen and oxygen atoms in total. The number of hydrogen-bond donors (Lipinski definition) is 1. The summed E-state index contributed by atoms with van der Waals surface area (Å²) in [5.74, 6) is 0. The second kappa shape index (κ2) is 4.67. The molecule has 1 N–H and O–H groups in total. The van der Waals surface area contributed by atoms with Crippen molar-refractivity contribution in [2.45, 2.75) is 32.0 Å². The van der Waals surface area contributed by atoms with Crippen molar-refractivity contribution in [3.63, 3.8) is 0 Å². The standard InChI is InChI=1S/C13H15N3O/c1-2-7-14-11(5-1)9-17-12-6-3-4-10-8-15-16-13(10)12/h1-2,5,7-8,12H,3-4,6,9H2,(H,15,16)/t12-/m1/s1. The van der Waals surface area contributed by atoms with Crippen molar-refractivity contribution in [1.29, 1.82) is 0 Å². The van der Waals surface area contributed by atoms with Crippen molar-refractivity contribution in [2.24, 2.45) is 0 Å². The quantitative estimate of drug-likeness (QED) is 0.879. The summed E-state index contributed by atoms with van der Waals surface area (Å²) in [4.78, 5) is 4.26. The number of aromatic amines is 1. The molecule has 0 amide bonds. The van der Waals surface area contributed by atoms with Crippen molar-refractivity contribution in [3.05, 3.63) is 47.5 Å². The SMILES string of the molecule is c1ccc(CO[C@@H]2CCCc3cn[nH]c32)nc1. The first-order chi connectivity index (χ1) is 8.43. The fourth-order valence-electron chi connectivity index (χ4n) is 2.26. The van der Waals surface area contributed by atoms with E-state index in [0.717, 1.165) is 24.2 Å². The lowest BCUT2D eigenvalue weighted by Crippen LogP contribution is -2.12. The van der Waals surface area contributed by atoms with Crippen LogP contribution in [0.5, 0.6) is 0 Å². The van der Waals surface area contributed by atoms with Crippen molar-refractivity contribution in [1.82, 2.24) is 15.2 Å². The van der Waals surface area contributed by atoms with Gasteiger partial charge in [0.15, 0.2) is 0 Å². The van der Waals surface area contributed by atoms with Gasteiger partial charge in [0.25, 0.3) is 0 Å². The molecule has 2 heterocycles. The first kappa shape index (κ1) is 10.5. The molecule has 0 fully saturated rings. The van der Waals surface area contributed by atoms with E-state index in [1.54, 1.807) is 6.20 Å². The molecule has 3 rings (SSSR count). The summed E-state index contributed by atoms with van der Waals surface area (Å²) in [6.45, 7) is 0.559. The lowest BCUT2D eigenvalue weighted by atomic mass is 9.96. The van der Waals surface area contributed by atoms with Crippen LogP contribution in [0.1, 0.15) is 35.9 Å². The molecule has 0 saturated heterocycles. The Bertz CT molecular complexity index is 480. The van der Waals surface area contributed by atoms with Crippen LogP contribution in [0.25, 0.3) is 0 Å². The van der Waals surface area contributed by atoms with Gasteiger partial charge >= 0.3 is 0 Å². The highest BCUT2D eigenvalue weighted by Gasteiger charge is 2.22. The Balaban J connectivity index is 1.68. The zero-order chi connectivity index (χ0) is 11.5. The van der Waals surface area contributed by atoms with Gasteiger partial charge in [-0.2, -0.15) is 5.10 Å². The fraction of sp³-hybridized carbons (Fsp3) is 0.385. The number of aromatic nitrogens is 3. The van der Waals surface area contributed by atoms with Gasteiger partial charge in [-0.25, -0.2) is 0 Å². The Kier molecular flexibility index (Phi) is 2.88. The van der Waals surface area contributed by atoms with Crippen LogP contribution < -0.4 is 0 Å². The molecule has 0 radical (unpaired) electrons. The molecule has 1 aliphatic rings. The van der Waals surface area contributed by atoms with Gasteiger partial charge in [-0.15, -0.1) is 0 Å². The Morgan fingerprint density at radius 2 is 2.41 bits per heavy atom. The first-order valence-electron chi connectivity index (χ1n) is 5.97. The van der Waals surface area contributed by atoms with Gasteiger partial charge in [0.05, 0.1) is 30.3 Å². The number of hydrogen-bond acceptors (Lipinski definition) is 3. The number of aryl methyl sites for hydroxylation is 1. The largest absolute Gasteiger partial charge is 0.366 e. The summed E-state index contributed by atoms with van der Waals surface area (Å²) in [5, 5.41) is 7.14. The van der Waals surface area contributed by atoms with Crippen LogP contribution in [-0.4, -0.2) is 15.2 Å². The van der Waals surface area contributed by atoms with E-state index in [9.17, 15) is 0 Å². The van der Waals surface area contributed by atoms with Crippen LogP contribution in [0.2, 0.25) is 0 Å². The van der Waals surface area contributed by atoms with E-state index >= 15 is 0 Å². The first-order valence-corrected chi connectivity index (χ1v) is 5.97.